The van der Waals surface area contributed by atoms with Gasteiger partial charge in [-0.2, -0.15) is 5.10 Å². The first-order valence-corrected chi connectivity index (χ1v) is 3.67. The van der Waals surface area contributed by atoms with E-state index in [9.17, 15) is 0 Å². The van der Waals surface area contributed by atoms with E-state index < -0.39 is 0 Å². The fraction of sp³-hybridized carbons (Fsp3) is 0.429. The number of nitrogens with two attached hydrogens (primary N) is 1. The number of aromatic nitrogens is 2. The molecule has 0 amide bonds. The maximum absolute atomic E-state index is 8.36. The van der Waals surface area contributed by atoms with E-state index in [0.29, 0.717) is 5.56 Å². The highest BCUT2D eigenvalue weighted by Gasteiger charge is 2.04. The van der Waals surface area contributed by atoms with Crippen LogP contribution in [-0.4, -0.2) is 20.8 Å². The molecule has 0 aliphatic heterocycles. The molecule has 0 atom stereocenters. The molecule has 1 aromatic rings. The van der Waals surface area contributed by atoms with Gasteiger partial charge < -0.3 is 10.9 Å². The number of hydrogen-bond acceptors (Lipinski definition) is 3. The Morgan fingerprint density at radius 2 is 2.42 bits per heavy atom. The van der Waals surface area contributed by atoms with Crippen LogP contribution >= 0.6 is 0 Å². The molecule has 0 fully saturated rings. The topological polar surface area (TPSA) is 76.4 Å². The minimum atomic E-state index is 0.0851. The van der Waals surface area contributed by atoms with Crippen molar-refractivity contribution in [3.05, 3.63) is 18.0 Å². The van der Waals surface area contributed by atoms with Gasteiger partial charge in [0.05, 0.1) is 11.8 Å². The summed E-state index contributed by atoms with van der Waals surface area (Å²) in [4.78, 5) is 0. The maximum Gasteiger partial charge on any atom is 0.173 e. The molecule has 5 heteroatoms. The van der Waals surface area contributed by atoms with Crippen molar-refractivity contribution in [2.24, 2.45) is 10.9 Å². The van der Waals surface area contributed by atoms with E-state index >= 15 is 0 Å². The zero-order valence-electron chi connectivity index (χ0n) is 7.10. The summed E-state index contributed by atoms with van der Waals surface area (Å²) < 4.78 is 1.74. The molecule has 0 aliphatic rings. The number of amidine groups is 1. The van der Waals surface area contributed by atoms with Gasteiger partial charge in [-0.1, -0.05) is 5.16 Å². The van der Waals surface area contributed by atoms with E-state index in [1.165, 1.54) is 0 Å². The van der Waals surface area contributed by atoms with Crippen molar-refractivity contribution in [1.29, 1.82) is 0 Å². The molecular formula is C7H12N4O. The van der Waals surface area contributed by atoms with Crippen molar-refractivity contribution in [2.45, 2.75) is 19.9 Å². The van der Waals surface area contributed by atoms with E-state index in [0.717, 1.165) is 0 Å². The van der Waals surface area contributed by atoms with Crippen LogP contribution < -0.4 is 5.73 Å². The van der Waals surface area contributed by atoms with Crippen LogP contribution in [0.4, 0.5) is 0 Å². The van der Waals surface area contributed by atoms with Gasteiger partial charge in [-0.25, -0.2) is 0 Å². The number of rotatable bonds is 2. The summed E-state index contributed by atoms with van der Waals surface area (Å²) >= 11 is 0. The second kappa shape index (κ2) is 3.25. The van der Waals surface area contributed by atoms with Crippen molar-refractivity contribution >= 4 is 5.84 Å². The van der Waals surface area contributed by atoms with Crippen molar-refractivity contribution in [2.75, 3.05) is 0 Å². The molecule has 66 valence electrons. The summed E-state index contributed by atoms with van der Waals surface area (Å²) in [7, 11) is 0. The molecule has 0 unspecified atom stereocenters. The van der Waals surface area contributed by atoms with E-state index in [4.69, 9.17) is 10.9 Å². The van der Waals surface area contributed by atoms with Gasteiger partial charge in [0, 0.05) is 12.2 Å². The first kappa shape index (κ1) is 8.58. The average Bonchev–Trinajstić information content (AvgIpc) is 2.51. The second-order valence-corrected chi connectivity index (χ2v) is 2.79. The van der Waals surface area contributed by atoms with E-state index in [2.05, 4.69) is 10.3 Å². The number of oxime groups is 1. The molecule has 1 aromatic heterocycles. The van der Waals surface area contributed by atoms with Crippen LogP contribution in [0.1, 0.15) is 25.5 Å². The van der Waals surface area contributed by atoms with Crippen LogP contribution in [0.15, 0.2) is 17.5 Å². The van der Waals surface area contributed by atoms with Crippen LogP contribution in [0.5, 0.6) is 0 Å². The van der Waals surface area contributed by atoms with Crippen LogP contribution in [-0.2, 0) is 0 Å². The van der Waals surface area contributed by atoms with Crippen LogP contribution in [0.25, 0.3) is 0 Å². The van der Waals surface area contributed by atoms with Gasteiger partial charge in [-0.05, 0) is 13.8 Å². The van der Waals surface area contributed by atoms with E-state index in [1.54, 1.807) is 17.1 Å². The van der Waals surface area contributed by atoms with Crippen molar-refractivity contribution < 1.29 is 5.21 Å². The minimum absolute atomic E-state index is 0.0851. The molecule has 12 heavy (non-hydrogen) atoms. The fourth-order valence-electron chi connectivity index (χ4n) is 0.810. The number of hydrogen-bond donors (Lipinski definition) is 2. The van der Waals surface area contributed by atoms with Crippen LogP contribution in [0.3, 0.4) is 0 Å². The van der Waals surface area contributed by atoms with Gasteiger partial charge in [0.15, 0.2) is 5.84 Å². The summed E-state index contributed by atoms with van der Waals surface area (Å²) in [5.41, 5.74) is 5.99. The minimum Gasteiger partial charge on any atom is -0.409 e. The van der Waals surface area contributed by atoms with Crippen LogP contribution in [0.2, 0.25) is 0 Å². The molecule has 1 rings (SSSR count). The molecule has 1 heterocycles. The Bertz CT molecular complexity index is 289. The molecule has 0 aromatic carbocycles. The average molecular weight is 168 g/mol. The molecule has 0 radical (unpaired) electrons. The van der Waals surface area contributed by atoms with Crippen LogP contribution in [0, 0.1) is 0 Å². The zero-order chi connectivity index (χ0) is 9.14. The molecule has 0 saturated heterocycles. The van der Waals surface area contributed by atoms with Gasteiger partial charge >= 0.3 is 0 Å². The lowest BCUT2D eigenvalue weighted by Gasteiger charge is -2.02. The Morgan fingerprint density at radius 3 is 2.83 bits per heavy atom. The molecule has 0 aliphatic carbocycles. The predicted molar refractivity (Wildman–Crippen MR) is 45.1 cm³/mol. The van der Waals surface area contributed by atoms with Crippen molar-refractivity contribution in [1.82, 2.24) is 9.78 Å². The zero-order valence-corrected chi connectivity index (χ0v) is 7.10. The second-order valence-electron chi connectivity index (χ2n) is 2.79. The summed E-state index contributed by atoms with van der Waals surface area (Å²) in [5.74, 6) is 0.0851. The number of nitrogens with zero attached hydrogens (tertiary/aromatic N) is 3. The van der Waals surface area contributed by atoms with E-state index in [-0.39, 0.29) is 11.9 Å². The first-order valence-electron chi connectivity index (χ1n) is 3.67. The Labute approximate surface area is 70.5 Å². The molecule has 3 N–H and O–H groups in total. The summed E-state index contributed by atoms with van der Waals surface area (Å²) in [6.07, 6.45) is 3.30. The van der Waals surface area contributed by atoms with Gasteiger partial charge in [0.25, 0.3) is 0 Å². The largest absolute Gasteiger partial charge is 0.409 e. The van der Waals surface area contributed by atoms with Gasteiger partial charge in [-0.15, -0.1) is 0 Å². The normalized spacial score (nSPS) is 12.4. The highest BCUT2D eigenvalue weighted by molar-refractivity contribution is 5.96. The third-order valence-electron chi connectivity index (χ3n) is 1.53. The quantitative estimate of drug-likeness (QED) is 0.293. The lowest BCUT2D eigenvalue weighted by molar-refractivity contribution is 0.318. The Kier molecular flexibility index (Phi) is 2.32. The van der Waals surface area contributed by atoms with Gasteiger partial charge in [0.2, 0.25) is 0 Å². The highest BCUT2D eigenvalue weighted by atomic mass is 16.4. The summed E-state index contributed by atoms with van der Waals surface area (Å²) in [6.45, 7) is 4.01. The van der Waals surface area contributed by atoms with Crippen molar-refractivity contribution in [3.8, 4) is 0 Å². The third-order valence-corrected chi connectivity index (χ3v) is 1.53. The van der Waals surface area contributed by atoms with Gasteiger partial charge in [0.1, 0.15) is 0 Å². The maximum atomic E-state index is 8.36. The Morgan fingerprint density at radius 1 is 1.75 bits per heavy atom. The van der Waals surface area contributed by atoms with E-state index in [1.807, 2.05) is 13.8 Å². The standard InChI is InChI=1S/C7H12N4O/c1-5(2)11-4-6(3-9-11)7(8)10-12/h3-5,12H,1-2H3,(H2,8,10). The summed E-state index contributed by atoms with van der Waals surface area (Å²) in [5, 5.41) is 15.3. The SMILES string of the molecule is CC(C)n1cc(/C(N)=N/O)cn1. The molecule has 0 bridgehead atoms. The van der Waals surface area contributed by atoms with Gasteiger partial charge in [-0.3, -0.25) is 4.68 Å². The molecule has 0 spiro atoms. The Balaban J connectivity index is 2.92. The molecule has 5 nitrogen and oxygen atoms in total. The smallest absolute Gasteiger partial charge is 0.173 e. The molecular weight excluding hydrogens is 156 g/mol. The summed E-state index contributed by atoms with van der Waals surface area (Å²) in [6, 6.07) is 0.283. The predicted octanol–water partition coefficient (Wildman–Crippen LogP) is 0.559. The lowest BCUT2D eigenvalue weighted by Crippen LogP contribution is -2.12. The lowest BCUT2D eigenvalue weighted by atomic mass is 10.3. The van der Waals surface area contributed by atoms with Crippen molar-refractivity contribution in [3.63, 3.8) is 0 Å². The Hall–Kier alpha value is -1.52. The monoisotopic (exact) mass is 168 g/mol. The molecule has 0 saturated carbocycles. The first-order chi connectivity index (χ1) is 5.65. The fourth-order valence-corrected chi connectivity index (χ4v) is 0.810. The highest BCUT2D eigenvalue weighted by Crippen LogP contribution is 2.04. The third kappa shape index (κ3) is 1.55.